The maximum Gasteiger partial charge on any atom is 0.416 e. The largest absolute Gasteiger partial charge is 0.439 e. The average Bonchev–Trinajstić information content (AvgIpc) is 2.62. The van der Waals surface area contributed by atoms with Crippen LogP contribution in [0.5, 0.6) is 11.6 Å². The highest BCUT2D eigenvalue weighted by molar-refractivity contribution is 7.89. The van der Waals surface area contributed by atoms with Gasteiger partial charge >= 0.3 is 6.18 Å². The fourth-order valence-corrected chi connectivity index (χ4v) is 3.98. The second kappa shape index (κ2) is 7.45. The van der Waals surface area contributed by atoms with Crippen LogP contribution in [0.15, 0.2) is 47.5 Å². The number of hydrogen-bond donors (Lipinski definition) is 0. The van der Waals surface area contributed by atoms with Crippen LogP contribution in [0.25, 0.3) is 0 Å². The SMILES string of the molecule is CN1CCN(S(=O)(=O)c2ccc(Oc3cccc(C(F)(F)F)c3)nc2)CC1. The summed E-state index contributed by atoms with van der Waals surface area (Å²) in [5.74, 6) is -0.0290. The molecule has 0 radical (unpaired) electrons. The standard InChI is InChI=1S/C17H18F3N3O3S/c1-22-7-9-23(10-8-22)27(24,25)15-5-6-16(21-12-15)26-14-4-2-3-13(11-14)17(18,19)20/h2-6,11-12H,7-10H2,1H3. The van der Waals surface area contributed by atoms with Gasteiger partial charge in [0.15, 0.2) is 0 Å². The molecular formula is C17H18F3N3O3S. The molecule has 1 saturated heterocycles. The number of halogens is 3. The van der Waals surface area contributed by atoms with E-state index in [9.17, 15) is 21.6 Å². The van der Waals surface area contributed by atoms with Crippen LogP contribution in [0.3, 0.4) is 0 Å². The molecule has 146 valence electrons. The highest BCUT2D eigenvalue weighted by Gasteiger charge is 2.31. The summed E-state index contributed by atoms with van der Waals surface area (Å²) in [4.78, 5) is 5.98. The minimum Gasteiger partial charge on any atom is -0.439 e. The number of nitrogens with zero attached hydrogens (tertiary/aromatic N) is 3. The van der Waals surface area contributed by atoms with Crippen molar-refractivity contribution in [2.24, 2.45) is 0 Å². The van der Waals surface area contributed by atoms with Gasteiger partial charge < -0.3 is 9.64 Å². The van der Waals surface area contributed by atoms with Gasteiger partial charge in [-0.1, -0.05) is 6.07 Å². The second-order valence-electron chi connectivity index (χ2n) is 6.17. The van der Waals surface area contributed by atoms with Gasteiger partial charge in [0, 0.05) is 32.2 Å². The molecule has 0 aliphatic carbocycles. The third-order valence-electron chi connectivity index (χ3n) is 4.19. The van der Waals surface area contributed by atoms with Gasteiger partial charge in [-0.25, -0.2) is 13.4 Å². The lowest BCUT2D eigenvalue weighted by atomic mass is 10.2. The lowest BCUT2D eigenvalue weighted by molar-refractivity contribution is -0.137. The summed E-state index contributed by atoms with van der Waals surface area (Å²) in [7, 11) is -1.74. The van der Waals surface area contributed by atoms with Crippen molar-refractivity contribution < 1.29 is 26.3 Å². The van der Waals surface area contributed by atoms with Gasteiger partial charge in [0.2, 0.25) is 15.9 Å². The molecule has 2 aromatic rings. The maximum absolute atomic E-state index is 12.7. The first-order chi connectivity index (χ1) is 12.7. The van der Waals surface area contributed by atoms with E-state index in [0.717, 1.165) is 18.3 Å². The molecule has 1 fully saturated rings. The molecular weight excluding hydrogens is 383 g/mol. The molecule has 27 heavy (non-hydrogen) atoms. The topological polar surface area (TPSA) is 62.7 Å². The zero-order chi connectivity index (χ0) is 19.7. The lowest BCUT2D eigenvalue weighted by Crippen LogP contribution is -2.47. The summed E-state index contributed by atoms with van der Waals surface area (Å²) in [5.41, 5.74) is -0.839. The third-order valence-corrected chi connectivity index (χ3v) is 6.08. The molecule has 6 nitrogen and oxygen atoms in total. The molecule has 1 aromatic heterocycles. The van der Waals surface area contributed by atoms with Crippen LogP contribution in [0, 0.1) is 0 Å². The smallest absolute Gasteiger partial charge is 0.416 e. The Balaban J connectivity index is 1.74. The number of sulfonamides is 1. The number of ether oxygens (including phenoxy) is 1. The van der Waals surface area contributed by atoms with Crippen molar-refractivity contribution in [1.29, 1.82) is 0 Å². The molecule has 1 aliphatic rings. The van der Waals surface area contributed by atoms with Crippen molar-refractivity contribution in [3.63, 3.8) is 0 Å². The molecule has 3 rings (SSSR count). The van der Waals surface area contributed by atoms with Crippen molar-refractivity contribution >= 4 is 10.0 Å². The Morgan fingerprint density at radius 1 is 1.07 bits per heavy atom. The van der Waals surface area contributed by atoms with Crippen LogP contribution < -0.4 is 4.74 Å². The number of pyridine rings is 1. The van der Waals surface area contributed by atoms with Crippen molar-refractivity contribution in [2.45, 2.75) is 11.1 Å². The Bertz CT molecular complexity index is 894. The Morgan fingerprint density at radius 2 is 1.78 bits per heavy atom. The number of likely N-dealkylation sites (N-methyl/N-ethyl adjacent to an activating group) is 1. The molecule has 0 unspecified atom stereocenters. The number of alkyl halides is 3. The molecule has 0 bridgehead atoms. The van der Waals surface area contributed by atoms with Gasteiger partial charge in [-0.2, -0.15) is 17.5 Å². The first kappa shape index (κ1) is 19.6. The summed E-state index contributed by atoms with van der Waals surface area (Å²) in [6.45, 7) is 2.06. The van der Waals surface area contributed by atoms with Gasteiger partial charge in [-0.05, 0) is 31.3 Å². The van der Waals surface area contributed by atoms with Crippen LogP contribution in [0.2, 0.25) is 0 Å². The fraction of sp³-hybridized carbons (Fsp3) is 0.353. The summed E-state index contributed by atoms with van der Waals surface area (Å²) in [6.07, 6.45) is -3.33. The van der Waals surface area contributed by atoms with Crippen LogP contribution in [-0.2, 0) is 16.2 Å². The first-order valence-electron chi connectivity index (χ1n) is 8.16. The van der Waals surface area contributed by atoms with Crippen molar-refractivity contribution in [3.8, 4) is 11.6 Å². The van der Waals surface area contributed by atoms with Crippen LogP contribution >= 0.6 is 0 Å². The summed E-state index contributed by atoms with van der Waals surface area (Å²) in [5, 5.41) is 0. The van der Waals surface area contributed by atoms with E-state index in [0.29, 0.717) is 26.2 Å². The van der Waals surface area contributed by atoms with Crippen molar-refractivity contribution in [1.82, 2.24) is 14.2 Å². The van der Waals surface area contributed by atoms with Gasteiger partial charge in [0.25, 0.3) is 0 Å². The molecule has 10 heteroatoms. The number of hydrogen-bond acceptors (Lipinski definition) is 5. The molecule has 1 aliphatic heterocycles. The molecule has 1 aromatic carbocycles. The predicted molar refractivity (Wildman–Crippen MR) is 92.0 cm³/mol. The zero-order valence-electron chi connectivity index (χ0n) is 14.5. The highest BCUT2D eigenvalue weighted by Crippen LogP contribution is 2.32. The average molecular weight is 401 g/mol. The quantitative estimate of drug-likeness (QED) is 0.789. The molecule has 0 saturated carbocycles. The van der Waals surface area contributed by atoms with E-state index in [2.05, 4.69) is 4.98 Å². The third kappa shape index (κ3) is 4.57. The van der Waals surface area contributed by atoms with Crippen LogP contribution in [-0.4, -0.2) is 55.8 Å². The number of rotatable bonds is 4. The monoisotopic (exact) mass is 401 g/mol. The van der Waals surface area contributed by atoms with E-state index in [1.54, 1.807) is 0 Å². The molecule has 0 spiro atoms. The second-order valence-corrected chi connectivity index (χ2v) is 8.11. The van der Waals surface area contributed by atoms with Crippen molar-refractivity contribution in [2.75, 3.05) is 33.2 Å². The number of aromatic nitrogens is 1. The summed E-state index contributed by atoms with van der Waals surface area (Å²) < 4.78 is 70.2. The van der Waals surface area contributed by atoms with Crippen LogP contribution in [0.4, 0.5) is 13.2 Å². The van der Waals surface area contributed by atoms with E-state index in [1.807, 2.05) is 11.9 Å². The van der Waals surface area contributed by atoms with Gasteiger partial charge in [0.05, 0.1) is 11.8 Å². The molecule has 0 N–H and O–H groups in total. The summed E-state index contributed by atoms with van der Waals surface area (Å²) >= 11 is 0. The Labute approximate surface area is 155 Å². The van der Waals surface area contributed by atoms with E-state index in [-0.39, 0.29) is 16.5 Å². The minimum atomic E-state index is -4.48. The van der Waals surface area contributed by atoms with Crippen LogP contribution in [0.1, 0.15) is 5.56 Å². The van der Waals surface area contributed by atoms with Gasteiger partial charge in [-0.3, -0.25) is 0 Å². The van der Waals surface area contributed by atoms with Crippen molar-refractivity contribution in [3.05, 3.63) is 48.2 Å². The van der Waals surface area contributed by atoms with E-state index < -0.39 is 21.8 Å². The molecule has 0 amide bonds. The Morgan fingerprint density at radius 3 is 2.37 bits per heavy atom. The maximum atomic E-state index is 12.7. The first-order valence-corrected chi connectivity index (χ1v) is 9.60. The molecule has 0 atom stereocenters. The van der Waals surface area contributed by atoms with Gasteiger partial charge in [0.1, 0.15) is 10.6 Å². The Kier molecular flexibility index (Phi) is 5.41. The van der Waals surface area contributed by atoms with Gasteiger partial charge in [-0.15, -0.1) is 0 Å². The van der Waals surface area contributed by atoms with E-state index in [4.69, 9.17) is 4.74 Å². The fourth-order valence-electron chi connectivity index (χ4n) is 2.61. The normalized spacial score (nSPS) is 17.0. The highest BCUT2D eigenvalue weighted by atomic mass is 32.2. The van der Waals surface area contributed by atoms with E-state index in [1.165, 1.54) is 28.6 Å². The predicted octanol–water partition coefficient (Wildman–Crippen LogP) is 2.83. The molecule has 2 heterocycles. The zero-order valence-corrected chi connectivity index (χ0v) is 15.3. The van der Waals surface area contributed by atoms with E-state index >= 15 is 0 Å². The minimum absolute atomic E-state index is 0.00616. The summed E-state index contributed by atoms with van der Waals surface area (Å²) in [6, 6.07) is 7.05. The Hall–Kier alpha value is -2.17. The number of piperazine rings is 1. The lowest BCUT2D eigenvalue weighted by Gasteiger charge is -2.31. The number of benzene rings is 1.